The Morgan fingerprint density at radius 1 is 1.29 bits per heavy atom. The molecule has 24 heavy (non-hydrogen) atoms. The lowest BCUT2D eigenvalue weighted by Crippen LogP contribution is -2.38. The van der Waals surface area contributed by atoms with E-state index >= 15 is 0 Å². The first-order chi connectivity index (χ1) is 11.4. The molecule has 1 aromatic carbocycles. The fraction of sp³-hybridized carbons (Fsp3) is 0.389. The Labute approximate surface area is 141 Å². The summed E-state index contributed by atoms with van der Waals surface area (Å²) in [5, 5.41) is 14.0. The van der Waals surface area contributed by atoms with Gasteiger partial charge in [-0.05, 0) is 44.4 Å². The Hall–Kier alpha value is -2.63. The van der Waals surface area contributed by atoms with Crippen molar-refractivity contribution in [1.29, 1.82) is 0 Å². The molecule has 1 aromatic rings. The number of rotatable bonds is 9. The molecule has 0 unspecified atom stereocenters. The van der Waals surface area contributed by atoms with Crippen LogP contribution in [0.3, 0.4) is 0 Å². The summed E-state index contributed by atoms with van der Waals surface area (Å²) in [7, 11) is 0. The van der Waals surface area contributed by atoms with E-state index in [4.69, 9.17) is 5.11 Å². The van der Waals surface area contributed by atoms with Crippen LogP contribution in [0.15, 0.2) is 30.3 Å². The van der Waals surface area contributed by atoms with Gasteiger partial charge in [0.1, 0.15) is 6.04 Å². The number of hydrogen-bond acceptors (Lipinski definition) is 3. The minimum absolute atomic E-state index is 0.0529. The van der Waals surface area contributed by atoms with E-state index in [2.05, 4.69) is 10.6 Å². The van der Waals surface area contributed by atoms with Gasteiger partial charge in [-0.1, -0.05) is 24.3 Å². The number of allylic oxidation sites excluding steroid dienone is 1. The van der Waals surface area contributed by atoms with Gasteiger partial charge in [0.25, 0.3) is 5.91 Å². The highest BCUT2D eigenvalue weighted by atomic mass is 16.4. The van der Waals surface area contributed by atoms with E-state index in [1.807, 2.05) is 25.1 Å². The van der Waals surface area contributed by atoms with Crippen molar-refractivity contribution in [2.75, 3.05) is 6.54 Å². The number of carbonyl (C=O) groups is 3. The predicted octanol–water partition coefficient (Wildman–Crippen LogP) is 2.21. The molecule has 0 saturated heterocycles. The Balaban J connectivity index is 2.53. The summed E-state index contributed by atoms with van der Waals surface area (Å²) < 4.78 is 0. The molecule has 0 aliphatic heterocycles. The second-order valence-electron chi connectivity index (χ2n) is 5.41. The van der Waals surface area contributed by atoms with Gasteiger partial charge in [0.15, 0.2) is 0 Å². The highest BCUT2D eigenvalue weighted by Gasteiger charge is 2.15. The summed E-state index contributed by atoms with van der Waals surface area (Å²) in [5.41, 5.74) is 1.26. The molecule has 0 saturated carbocycles. The highest BCUT2D eigenvalue weighted by Crippen LogP contribution is 2.09. The van der Waals surface area contributed by atoms with E-state index < -0.39 is 17.9 Å². The van der Waals surface area contributed by atoms with E-state index in [-0.39, 0.29) is 5.91 Å². The SMILES string of the molecule is CCNC(=O)CCC/C=C\c1cccc(C(=O)N[C@H](C)C(=O)O)c1. The van der Waals surface area contributed by atoms with Crippen LogP contribution < -0.4 is 10.6 Å². The van der Waals surface area contributed by atoms with Crippen LogP contribution in [0.1, 0.15) is 49.0 Å². The third-order valence-electron chi connectivity index (χ3n) is 3.33. The summed E-state index contributed by atoms with van der Waals surface area (Å²) in [6.45, 7) is 3.95. The third kappa shape index (κ3) is 7.09. The van der Waals surface area contributed by atoms with Gasteiger partial charge < -0.3 is 15.7 Å². The third-order valence-corrected chi connectivity index (χ3v) is 3.33. The molecule has 0 heterocycles. The quantitative estimate of drug-likeness (QED) is 0.604. The van der Waals surface area contributed by atoms with E-state index in [9.17, 15) is 14.4 Å². The van der Waals surface area contributed by atoms with Crippen molar-refractivity contribution in [1.82, 2.24) is 10.6 Å². The Morgan fingerprint density at radius 2 is 2.04 bits per heavy atom. The van der Waals surface area contributed by atoms with Crippen molar-refractivity contribution < 1.29 is 19.5 Å². The van der Waals surface area contributed by atoms with E-state index in [0.717, 1.165) is 18.4 Å². The second kappa shape index (κ2) is 10.2. The van der Waals surface area contributed by atoms with Gasteiger partial charge in [0, 0.05) is 18.5 Å². The van der Waals surface area contributed by atoms with Crippen LogP contribution in [-0.2, 0) is 9.59 Å². The molecule has 2 amide bonds. The highest BCUT2D eigenvalue weighted by molar-refractivity contribution is 5.96. The van der Waals surface area contributed by atoms with Crippen LogP contribution in [0.5, 0.6) is 0 Å². The normalized spacial score (nSPS) is 11.9. The molecule has 6 heteroatoms. The fourth-order valence-electron chi connectivity index (χ4n) is 2.01. The lowest BCUT2D eigenvalue weighted by Gasteiger charge is -2.09. The monoisotopic (exact) mass is 332 g/mol. The average molecular weight is 332 g/mol. The van der Waals surface area contributed by atoms with Gasteiger partial charge in [-0.15, -0.1) is 0 Å². The molecule has 0 aliphatic carbocycles. The molecule has 1 rings (SSSR count). The molecule has 0 fully saturated rings. The van der Waals surface area contributed by atoms with Crippen LogP contribution in [-0.4, -0.2) is 35.5 Å². The fourth-order valence-corrected chi connectivity index (χ4v) is 2.01. The predicted molar refractivity (Wildman–Crippen MR) is 92.6 cm³/mol. The molecule has 130 valence electrons. The molecule has 0 bridgehead atoms. The second-order valence-corrected chi connectivity index (χ2v) is 5.41. The number of nitrogens with one attached hydrogen (secondary N) is 2. The van der Waals surface area contributed by atoms with Crippen molar-refractivity contribution in [3.05, 3.63) is 41.5 Å². The van der Waals surface area contributed by atoms with Gasteiger partial charge in [-0.3, -0.25) is 14.4 Å². The molecule has 3 N–H and O–H groups in total. The molecule has 0 radical (unpaired) electrons. The van der Waals surface area contributed by atoms with Gasteiger partial charge in [0.2, 0.25) is 5.91 Å². The van der Waals surface area contributed by atoms with Crippen molar-refractivity contribution in [3.63, 3.8) is 0 Å². The Morgan fingerprint density at radius 3 is 2.71 bits per heavy atom. The number of hydrogen-bond donors (Lipinski definition) is 3. The molecular weight excluding hydrogens is 308 g/mol. The zero-order valence-corrected chi connectivity index (χ0v) is 14.0. The molecule has 0 aromatic heterocycles. The maximum atomic E-state index is 12.0. The number of unbranched alkanes of at least 4 members (excludes halogenated alkanes) is 1. The van der Waals surface area contributed by atoms with Crippen LogP contribution in [0.25, 0.3) is 6.08 Å². The molecular formula is C18H24N2O4. The number of carboxylic acids is 1. The van der Waals surface area contributed by atoms with Crippen molar-refractivity contribution >= 4 is 23.9 Å². The smallest absolute Gasteiger partial charge is 0.325 e. The molecule has 0 aliphatic rings. The van der Waals surface area contributed by atoms with Crippen LogP contribution in [0, 0.1) is 0 Å². The van der Waals surface area contributed by atoms with Gasteiger partial charge in [-0.25, -0.2) is 0 Å². The zero-order chi connectivity index (χ0) is 17.9. The van der Waals surface area contributed by atoms with Gasteiger partial charge >= 0.3 is 5.97 Å². The number of benzene rings is 1. The zero-order valence-electron chi connectivity index (χ0n) is 14.0. The summed E-state index contributed by atoms with van der Waals surface area (Å²) in [5.74, 6) is -1.44. The van der Waals surface area contributed by atoms with Crippen molar-refractivity contribution in [3.8, 4) is 0 Å². The van der Waals surface area contributed by atoms with E-state index in [1.165, 1.54) is 6.92 Å². The first-order valence-electron chi connectivity index (χ1n) is 8.01. The standard InChI is InChI=1S/C18H24N2O4/c1-3-19-16(21)11-6-4-5-8-14-9-7-10-15(12-14)17(22)20-13(2)18(23)24/h5,7-10,12-13H,3-4,6,11H2,1-2H3,(H,19,21)(H,20,22)(H,23,24)/b8-5-/t13-/m1/s1. The van der Waals surface area contributed by atoms with Gasteiger partial charge in [0.05, 0.1) is 0 Å². The minimum Gasteiger partial charge on any atom is -0.480 e. The van der Waals surface area contributed by atoms with Crippen molar-refractivity contribution in [2.24, 2.45) is 0 Å². The van der Waals surface area contributed by atoms with E-state index in [1.54, 1.807) is 18.2 Å². The Kier molecular flexibility index (Phi) is 8.25. The minimum atomic E-state index is -1.08. The molecule has 0 spiro atoms. The first-order valence-corrected chi connectivity index (χ1v) is 8.01. The number of aliphatic carboxylic acids is 1. The number of carboxylic acid groups (broad SMARTS) is 1. The molecule has 6 nitrogen and oxygen atoms in total. The van der Waals surface area contributed by atoms with Crippen LogP contribution >= 0.6 is 0 Å². The van der Waals surface area contributed by atoms with Gasteiger partial charge in [-0.2, -0.15) is 0 Å². The number of amides is 2. The summed E-state index contributed by atoms with van der Waals surface area (Å²) in [6, 6.07) is 6.00. The largest absolute Gasteiger partial charge is 0.480 e. The lowest BCUT2D eigenvalue weighted by atomic mass is 10.1. The van der Waals surface area contributed by atoms with E-state index in [0.29, 0.717) is 18.5 Å². The molecule has 1 atom stereocenters. The Bertz CT molecular complexity index is 611. The summed E-state index contributed by atoms with van der Waals surface area (Å²) in [4.78, 5) is 34.1. The van der Waals surface area contributed by atoms with Crippen LogP contribution in [0.4, 0.5) is 0 Å². The summed E-state index contributed by atoms with van der Waals surface area (Å²) >= 11 is 0. The van der Waals surface area contributed by atoms with Crippen molar-refractivity contribution in [2.45, 2.75) is 39.2 Å². The maximum absolute atomic E-state index is 12.0. The van der Waals surface area contributed by atoms with Crippen LogP contribution in [0.2, 0.25) is 0 Å². The summed E-state index contributed by atoms with van der Waals surface area (Å²) in [6.07, 6.45) is 5.86. The maximum Gasteiger partial charge on any atom is 0.325 e. The lowest BCUT2D eigenvalue weighted by molar-refractivity contribution is -0.138. The topological polar surface area (TPSA) is 95.5 Å². The first kappa shape index (κ1) is 19.4. The number of carbonyl (C=O) groups excluding carboxylic acids is 2. The average Bonchev–Trinajstić information content (AvgIpc) is 2.55.